The summed E-state index contributed by atoms with van der Waals surface area (Å²) in [6, 6.07) is 17.2. The van der Waals surface area contributed by atoms with Crippen molar-refractivity contribution in [2.24, 2.45) is 0 Å². The summed E-state index contributed by atoms with van der Waals surface area (Å²) in [4.78, 5) is 17.7. The molecule has 4 aromatic rings. The second kappa shape index (κ2) is 8.36. The number of halogens is 1. The fourth-order valence-corrected chi connectivity index (χ4v) is 4.15. The van der Waals surface area contributed by atoms with Gasteiger partial charge in [-0.25, -0.2) is 4.39 Å². The molecule has 0 aliphatic heterocycles. The van der Waals surface area contributed by atoms with E-state index in [0.29, 0.717) is 12.2 Å². The molecular formula is C22H19FN4OS. The third-order valence-corrected chi connectivity index (χ3v) is 5.60. The van der Waals surface area contributed by atoms with Crippen molar-refractivity contribution in [3.8, 4) is 0 Å². The molecule has 29 heavy (non-hydrogen) atoms. The molecule has 0 saturated heterocycles. The van der Waals surface area contributed by atoms with E-state index >= 15 is 0 Å². The number of fused-ring (bicyclic) bond motifs is 1. The van der Waals surface area contributed by atoms with E-state index in [-0.39, 0.29) is 0 Å². The van der Waals surface area contributed by atoms with Gasteiger partial charge in [0.15, 0.2) is 6.67 Å². The molecule has 4 rings (SSSR count). The van der Waals surface area contributed by atoms with Gasteiger partial charge in [0.2, 0.25) is 0 Å². The smallest absolute Gasteiger partial charge is 0.255 e. The molecule has 5 nitrogen and oxygen atoms in total. The van der Waals surface area contributed by atoms with Crippen LogP contribution in [0.4, 0.5) is 15.8 Å². The summed E-state index contributed by atoms with van der Waals surface area (Å²) < 4.78 is 14.7. The molecular weight excluding hydrogens is 387 g/mol. The SMILES string of the molecule is Nc1ccccc1Sc1cn(Cc2cccnc2)c2cc(NC(=O)CF)ccc12. The molecule has 0 unspecified atom stereocenters. The summed E-state index contributed by atoms with van der Waals surface area (Å²) in [6.07, 6.45) is 5.62. The van der Waals surface area contributed by atoms with Gasteiger partial charge < -0.3 is 15.6 Å². The summed E-state index contributed by atoms with van der Waals surface area (Å²) in [5, 5.41) is 3.60. The van der Waals surface area contributed by atoms with E-state index in [1.165, 1.54) is 0 Å². The van der Waals surface area contributed by atoms with Crippen LogP contribution in [0.5, 0.6) is 0 Å². The minimum absolute atomic E-state index is 0.557. The Morgan fingerprint density at radius 3 is 2.76 bits per heavy atom. The first kappa shape index (κ1) is 19.0. The van der Waals surface area contributed by atoms with E-state index in [1.807, 2.05) is 54.7 Å². The van der Waals surface area contributed by atoms with E-state index in [9.17, 15) is 9.18 Å². The Kier molecular flexibility index (Phi) is 5.48. The number of hydrogen-bond acceptors (Lipinski definition) is 4. The zero-order valence-electron chi connectivity index (χ0n) is 15.5. The van der Waals surface area contributed by atoms with E-state index in [0.717, 1.165) is 31.9 Å². The minimum atomic E-state index is -1.05. The third kappa shape index (κ3) is 4.25. The maximum Gasteiger partial charge on any atom is 0.255 e. The Morgan fingerprint density at radius 1 is 1.14 bits per heavy atom. The molecule has 7 heteroatoms. The Labute approximate surface area is 171 Å². The molecule has 1 amide bonds. The number of nitrogens with one attached hydrogen (secondary N) is 1. The van der Waals surface area contributed by atoms with Crippen LogP contribution in [0.1, 0.15) is 5.56 Å². The van der Waals surface area contributed by atoms with Crippen LogP contribution in [0.3, 0.4) is 0 Å². The summed E-state index contributed by atoms with van der Waals surface area (Å²) in [7, 11) is 0. The lowest BCUT2D eigenvalue weighted by atomic mass is 10.2. The predicted molar refractivity (Wildman–Crippen MR) is 115 cm³/mol. The fourth-order valence-electron chi connectivity index (χ4n) is 3.12. The zero-order valence-corrected chi connectivity index (χ0v) is 16.3. The van der Waals surface area contributed by atoms with Crippen LogP contribution in [0.15, 0.2) is 83.0 Å². The maximum absolute atomic E-state index is 12.6. The van der Waals surface area contributed by atoms with Crippen molar-refractivity contribution in [2.75, 3.05) is 17.7 Å². The van der Waals surface area contributed by atoms with Gasteiger partial charge >= 0.3 is 0 Å². The molecule has 0 bridgehead atoms. The van der Waals surface area contributed by atoms with Crippen molar-refractivity contribution in [3.05, 3.63) is 78.8 Å². The average molecular weight is 406 g/mol. The predicted octanol–water partition coefficient (Wildman–Crippen LogP) is 4.73. The Bertz CT molecular complexity index is 1160. The highest BCUT2D eigenvalue weighted by atomic mass is 32.2. The van der Waals surface area contributed by atoms with Crippen molar-refractivity contribution in [2.45, 2.75) is 16.3 Å². The van der Waals surface area contributed by atoms with Crippen LogP contribution in [0.2, 0.25) is 0 Å². The molecule has 2 aromatic heterocycles. The Balaban J connectivity index is 1.77. The van der Waals surface area contributed by atoms with Gasteiger partial charge in [-0.1, -0.05) is 30.0 Å². The number of anilines is 2. The number of alkyl halides is 1. The van der Waals surface area contributed by atoms with E-state index < -0.39 is 12.6 Å². The Hall–Kier alpha value is -3.32. The molecule has 0 atom stereocenters. The number of carbonyl (C=O) groups is 1. The lowest BCUT2D eigenvalue weighted by Gasteiger charge is -2.07. The van der Waals surface area contributed by atoms with Crippen molar-refractivity contribution < 1.29 is 9.18 Å². The fraction of sp³-hybridized carbons (Fsp3) is 0.0909. The number of carbonyl (C=O) groups excluding carboxylic acids is 1. The van der Waals surface area contributed by atoms with Crippen LogP contribution in [-0.2, 0) is 11.3 Å². The van der Waals surface area contributed by atoms with Crippen molar-refractivity contribution in [1.29, 1.82) is 0 Å². The second-order valence-corrected chi connectivity index (χ2v) is 7.62. The molecule has 0 radical (unpaired) electrons. The van der Waals surface area contributed by atoms with Crippen LogP contribution in [0, 0.1) is 0 Å². The van der Waals surface area contributed by atoms with Crippen LogP contribution in [-0.4, -0.2) is 22.1 Å². The first-order chi connectivity index (χ1) is 14.1. The lowest BCUT2D eigenvalue weighted by Crippen LogP contribution is -2.13. The number of benzene rings is 2. The molecule has 146 valence electrons. The topological polar surface area (TPSA) is 72.9 Å². The quantitative estimate of drug-likeness (QED) is 0.454. The van der Waals surface area contributed by atoms with Gasteiger partial charge in [0.05, 0.1) is 5.52 Å². The average Bonchev–Trinajstić information content (AvgIpc) is 3.07. The van der Waals surface area contributed by atoms with Gasteiger partial charge in [-0.15, -0.1) is 0 Å². The number of para-hydroxylation sites is 1. The minimum Gasteiger partial charge on any atom is -0.398 e. The molecule has 0 aliphatic rings. The van der Waals surface area contributed by atoms with Gasteiger partial charge in [-0.2, -0.15) is 0 Å². The van der Waals surface area contributed by atoms with Gasteiger partial charge in [0.1, 0.15) is 0 Å². The Morgan fingerprint density at radius 2 is 2.00 bits per heavy atom. The number of nitrogens with zero attached hydrogens (tertiary/aromatic N) is 2. The normalized spacial score (nSPS) is 10.9. The van der Waals surface area contributed by atoms with Crippen LogP contribution < -0.4 is 11.1 Å². The second-order valence-electron chi connectivity index (χ2n) is 6.54. The van der Waals surface area contributed by atoms with Crippen molar-refractivity contribution >= 4 is 39.9 Å². The van der Waals surface area contributed by atoms with Gasteiger partial charge in [-0.05, 0) is 42.0 Å². The molecule has 2 aromatic carbocycles. The molecule has 0 saturated carbocycles. The molecule has 3 N–H and O–H groups in total. The molecule has 2 heterocycles. The molecule has 0 fully saturated rings. The number of pyridine rings is 1. The first-order valence-corrected chi connectivity index (χ1v) is 9.85. The number of aromatic nitrogens is 2. The summed E-state index contributed by atoms with van der Waals surface area (Å²) in [5.41, 5.74) is 9.38. The zero-order chi connectivity index (χ0) is 20.2. The number of nitrogen functional groups attached to an aromatic ring is 1. The highest BCUT2D eigenvalue weighted by molar-refractivity contribution is 7.99. The van der Waals surface area contributed by atoms with Crippen LogP contribution >= 0.6 is 11.8 Å². The monoisotopic (exact) mass is 406 g/mol. The standard InChI is InChI=1S/C22H19FN4OS/c23-11-22(28)26-16-7-8-17-19(10-16)27(13-15-4-3-9-25-12-15)14-21(17)29-20-6-2-1-5-18(20)24/h1-10,12,14H,11,13,24H2,(H,26,28). The summed E-state index contributed by atoms with van der Waals surface area (Å²) >= 11 is 1.59. The van der Waals surface area contributed by atoms with Crippen molar-refractivity contribution in [3.63, 3.8) is 0 Å². The van der Waals surface area contributed by atoms with E-state index in [4.69, 9.17) is 5.73 Å². The highest BCUT2D eigenvalue weighted by Gasteiger charge is 2.13. The van der Waals surface area contributed by atoms with E-state index in [2.05, 4.69) is 21.1 Å². The number of hydrogen-bond donors (Lipinski definition) is 2. The van der Waals surface area contributed by atoms with Crippen molar-refractivity contribution in [1.82, 2.24) is 9.55 Å². The largest absolute Gasteiger partial charge is 0.398 e. The molecule has 0 spiro atoms. The van der Waals surface area contributed by atoms with Gasteiger partial charge in [0.25, 0.3) is 5.91 Å². The van der Waals surface area contributed by atoms with E-state index in [1.54, 1.807) is 24.0 Å². The first-order valence-electron chi connectivity index (χ1n) is 9.04. The molecule has 0 aliphatic carbocycles. The highest BCUT2D eigenvalue weighted by Crippen LogP contribution is 2.38. The van der Waals surface area contributed by atoms with Gasteiger partial charge in [-0.3, -0.25) is 9.78 Å². The summed E-state index contributed by atoms with van der Waals surface area (Å²) in [5.74, 6) is -0.665. The lowest BCUT2D eigenvalue weighted by molar-refractivity contribution is -0.117. The van der Waals surface area contributed by atoms with Gasteiger partial charge in [0, 0.05) is 51.7 Å². The number of rotatable bonds is 6. The summed E-state index contributed by atoms with van der Waals surface area (Å²) in [6.45, 7) is -0.432. The maximum atomic E-state index is 12.6. The third-order valence-electron chi connectivity index (χ3n) is 4.47. The number of amides is 1. The number of nitrogens with two attached hydrogens (primary N) is 1. The van der Waals surface area contributed by atoms with Crippen LogP contribution in [0.25, 0.3) is 10.9 Å².